The average molecular weight is 410 g/mol. The highest BCUT2D eigenvalue weighted by molar-refractivity contribution is 6.45. The predicted molar refractivity (Wildman–Crippen MR) is 116 cm³/mol. The molecule has 5 nitrogen and oxygen atoms in total. The molecule has 6 heteroatoms. The van der Waals surface area contributed by atoms with Gasteiger partial charge in [-0.1, -0.05) is 48.4 Å². The van der Waals surface area contributed by atoms with Crippen LogP contribution in [0.3, 0.4) is 0 Å². The van der Waals surface area contributed by atoms with Gasteiger partial charge in [-0.2, -0.15) is 0 Å². The van der Waals surface area contributed by atoms with Crippen molar-refractivity contribution in [2.75, 3.05) is 37.6 Å². The third-order valence-electron chi connectivity index (χ3n) is 5.62. The van der Waals surface area contributed by atoms with Crippen molar-refractivity contribution >= 4 is 34.7 Å². The fraction of sp³-hybridized carbons (Fsp3) is 0.304. The zero-order valence-corrected chi connectivity index (χ0v) is 17.4. The van der Waals surface area contributed by atoms with Gasteiger partial charge in [0.05, 0.1) is 11.3 Å². The Hall–Kier alpha value is -2.63. The lowest BCUT2D eigenvalue weighted by atomic mass is 10.0. The summed E-state index contributed by atoms with van der Waals surface area (Å²) in [6, 6.07) is 14.6. The molecule has 2 aliphatic rings. The van der Waals surface area contributed by atoms with Gasteiger partial charge in [0, 0.05) is 31.2 Å². The first-order valence-electron chi connectivity index (χ1n) is 9.92. The molecular weight excluding hydrogens is 386 g/mol. The standard InChI is InChI=1S/C23H24ClN3O2/c1-3-25-12-14-26(15-13-25)21-20(17-6-4-16(2)5-7-17)22(28)27(23(21)29)19-10-8-18(24)9-11-19/h4-11H,3,12-15H2,1-2H3. The first-order valence-corrected chi connectivity index (χ1v) is 10.3. The number of likely N-dealkylation sites (N-methyl/N-ethyl adjacent to an activating group) is 1. The van der Waals surface area contributed by atoms with Gasteiger partial charge in [0.25, 0.3) is 11.8 Å². The number of carbonyl (C=O) groups is 2. The zero-order chi connectivity index (χ0) is 20.5. The van der Waals surface area contributed by atoms with Gasteiger partial charge in [0.2, 0.25) is 0 Å². The molecule has 2 aromatic rings. The number of halogens is 1. The van der Waals surface area contributed by atoms with Crippen LogP contribution in [0.4, 0.5) is 5.69 Å². The quantitative estimate of drug-likeness (QED) is 0.724. The summed E-state index contributed by atoms with van der Waals surface area (Å²) in [4.78, 5) is 32.6. The van der Waals surface area contributed by atoms with E-state index in [2.05, 4.69) is 16.7 Å². The highest BCUT2D eigenvalue weighted by Crippen LogP contribution is 2.35. The molecule has 0 aliphatic carbocycles. The lowest BCUT2D eigenvalue weighted by Crippen LogP contribution is -2.47. The molecule has 0 aromatic heterocycles. The van der Waals surface area contributed by atoms with E-state index in [9.17, 15) is 9.59 Å². The third-order valence-corrected chi connectivity index (χ3v) is 5.87. The van der Waals surface area contributed by atoms with Crippen molar-refractivity contribution in [3.63, 3.8) is 0 Å². The molecule has 0 atom stereocenters. The molecule has 2 aliphatic heterocycles. The number of carbonyl (C=O) groups excluding carboxylic acids is 2. The number of hydrogen-bond donors (Lipinski definition) is 0. The summed E-state index contributed by atoms with van der Waals surface area (Å²) in [6.45, 7) is 8.34. The van der Waals surface area contributed by atoms with E-state index in [0.29, 0.717) is 22.0 Å². The summed E-state index contributed by atoms with van der Waals surface area (Å²) in [5.41, 5.74) is 3.41. The van der Waals surface area contributed by atoms with E-state index in [4.69, 9.17) is 11.6 Å². The molecule has 0 bridgehead atoms. The van der Waals surface area contributed by atoms with Crippen LogP contribution in [-0.2, 0) is 9.59 Å². The Bertz CT molecular complexity index is 959. The first kappa shape index (κ1) is 19.7. The maximum Gasteiger partial charge on any atom is 0.282 e. The Balaban J connectivity index is 1.76. The number of hydrogen-bond acceptors (Lipinski definition) is 4. The second kappa shape index (κ2) is 8.01. The van der Waals surface area contributed by atoms with Crippen LogP contribution in [0, 0.1) is 6.92 Å². The average Bonchev–Trinajstić information content (AvgIpc) is 3.00. The second-order valence-electron chi connectivity index (χ2n) is 7.43. The fourth-order valence-electron chi connectivity index (χ4n) is 3.90. The van der Waals surface area contributed by atoms with Crippen LogP contribution < -0.4 is 4.90 Å². The molecule has 0 unspecified atom stereocenters. The van der Waals surface area contributed by atoms with Crippen molar-refractivity contribution in [1.29, 1.82) is 0 Å². The number of aryl methyl sites for hydroxylation is 1. The second-order valence-corrected chi connectivity index (χ2v) is 7.87. The molecule has 29 heavy (non-hydrogen) atoms. The number of piperazine rings is 1. The minimum atomic E-state index is -0.283. The van der Waals surface area contributed by atoms with Crippen LogP contribution >= 0.6 is 11.6 Å². The maximum absolute atomic E-state index is 13.5. The molecule has 1 fully saturated rings. The van der Waals surface area contributed by atoms with E-state index in [1.54, 1.807) is 24.3 Å². The van der Waals surface area contributed by atoms with E-state index < -0.39 is 0 Å². The Morgan fingerprint density at radius 2 is 1.48 bits per heavy atom. The van der Waals surface area contributed by atoms with Gasteiger partial charge in [0.15, 0.2) is 0 Å². The number of imide groups is 1. The lowest BCUT2D eigenvalue weighted by Gasteiger charge is -2.36. The molecule has 0 radical (unpaired) electrons. The van der Waals surface area contributed by atoms with E-state index in [1.165, 1.54) is 4.90 Å². The van der Waals surface area contributed by atoms with Gasteiger partial charge in [0.1, 0.15) is 5.70 Å². The SMILES string of the molecule is CCN1CCN(C2=C(c3ccc(C)cc3)C(=O)N(c3ccc(Cl)cc3)C2=O)CC1. The Morgan fingerprint density at radius 3 is 2.07 bits per heavy atom. The van der Waals surface area contributed by atoms with Crippen LogP contribution in [0.25, 0.3) is 5.57 Å². The van der Waals surface area contributed by atoms with Crippen LogP contribution in [0.2, 0.25) is 5.02 Å². The highest BCUT2D eigenvalue weighted by Gasteiger charge is 2.42. The predicted octanol–water partition coefficient (Wildman–Crippen LogP) is 3.57. The molecule has 1 saturated heterocycles. The van der Waals surface area contributed by atoms with Crippen molar-refractivity contribution in [1.82, 2.24) is 9.80 Å². The van der Waals surface area contributed by atoms with Gasteiger partial charge in [-0.3, -0.25) is 9.59 Å². The minimum Gasteiger partial charge on any atom is -0.364 e. The van der Waals surface area contributed by atoms with Gasteiger partial charge in [-0.05, 0) is 43.3 Å². The summed E-state index contributed by atoms with van der Waals surface area (Å²) in [5, 5.41) is 0.565. The Kier molecular flexibility index (Phi) is 5.43. The number of nitrogens with zero attached hydrogens (tertiary/aromatic N) is 3. The van der Waals surface area contributed by atoms with Gasteiger partial charge < -0.3 is 9.80 Å². The molecule has 4 rings (SSSR count). The van der Waals surface area contributed by atoms with Crippen LogP contribution in [-0.4, -0.2) is 54.3 Å². The molecular formula is C23H24ClN3O2. The number of anilines is 1. The summed E-state index contributed by atoms with van der Waals surface area (Å²) >= 11 is 6.00. The van der Waals surface area contributed by atoms with Gasteiger partial charge >= 0.3 is 0 Å². The number of rotatable bonds is 4. The molecule has 150 valence electrons. The zero-order valence-electron chi connectivity index (χ0n) is 16.7. The topological polar surface area (TPSA) is 43.9 Å². The fourth-order valence-corrected chi connectivity index (χ4v) is 4.03. The van der Waals surface area contributed by atoms with Crippen LogP contribution in [0.1, 0.15) is 18.1 Å². The third kappa shape index (κ3) is 3.68. The van der Waals surface area contributed by atoms with Crippen molar-refractivity contribution in [3.05, 3.63) is 70.4 Å². The molecule has 0 saturated carbocycles. The Morgan fingerprint density at radius 1 is 0.862 bits per heavy atom. The van der Waals surface area contributed by atoms with Crippen molar-refractivity contribution < 1.29 is 9.59 Å². The van der Waals surface area contributed by atoms with E-state index in [-0.39, 0.29) is 11.8 Å². The van der Waals surface area contributed by atoms with E-state index in [1.807, 2.05) is 31.2 Å². The summed E-state index contributed by atoms with van der Waals surface area (Å²) in [5.74, 6) is -0.549. The van der Waals surface area contributed by atoms with Crippen LogP contribution in [0.15, 0.2) is 54.2 Å². The first-order chi connectivity index (χ1) is 14.0. The molecule has 0 spiro atoms. The summed E-state index contributed by atoms with van der Waals surface area (Å²) in [6.07, 6.45) is 0. The molecule has 2 aromatic carbocycles. The minimum absolute atomic E-state index is 0.266. The van der Waals surface area contributed by atoms with Gasteiger partial charge in [-0.25, -0.2) is 4.90 Å². The van der Waals surface area contributed by atoms with Gasteiger partial charge in [-0.15, -0.1) is 0 Å². The number of benzene rings is 2. The van der Waals surface area contributed by atoms with E-state index in [0.717, 1.165) is 43.9 Å². The molecule has 0 N–H and O–H groups in total. The molecule has 2 amide bonds. The van der Waals surface area contributed by atoms with Crippen molar-refractivity contribution in [2.24, 2.45) is 0 Å². The summed E-state index contributed by atoms with van der Waals surface area (Å²) < 4.78 is 0. The largest absolute Gasteiger partial charge is 0.364 e. The lowest BCUT2D eigenvalue weighted by molar-refractivity contribution is -0.120. The molecule has 2 heterocycles. The van der Waals surface area contributed by atoms with Crippen molar-refractivity contribution in [3.8, 4) is 0 Å². The van der Waals surface area contributed by atoms with E-state index >= 15 is 0 Å². The highest BCUT2D eigenvalue weighted by atomic mass is 35.5. The monoisotopic (exact) mass is 409 g/mol. The normalized spacial score (nSPS) is 18.2. The smallest absolute Gasteiger partial charge is 0.282 e. The summed E-state index contributed by atoms with van der Waals surface area (Å²) in [7, 11) is 0. The van der Waals surface area contributed by atoms with Crippen LogP contribution in [0.5, 0.6) is 0 Å². The number of amides is 2. The Labute approximate surface area is 176 Å². The van der Waals surface area contributed by atoms with Crippen molar-refractivity contribution in [2.45, 2.75) is 13.8 Å². The maximum atomic E-state index is 13.5.